The molecule has 2 rings (SSSR count). The standard InChI is InChI=1S/C16H32N2O/c1-3-6-16-11-15(7-10-19-16)17-12-14(2)13-18-8-4-5-9-18/h14-17H,3-13H2,1-2H3. The molecule has 2 fully saturated rings. The van der Waals surface area contributed by atoms with Crippen molar-refractivity contribution in [2.24, 2.45) is 5.92 Å². The van der Waals surface area contributed by atoms with Crippen LogP contribution in [0, 0.1) is 5.92 Å². The Kier molecular flexibility index (Phi) is 6.62. The van der Waals surface area contributed by atoms with Crippen molar-refractivity contribution < 1.29 is 4.74 Å². The summed E-state index contributed by atoms with van der Waals surface area (Å²) in [6, 6.07) is 0.686. The summed E-state index contributed by atoms with van der Waals surface area (Å²) in [6.45, 7) is 10.7. The van der Waals surface area contributed by atoms with Crippen molar-refractivity contribution in [3.63, 3.8) is 0 Å². The molecule has 2 saturated heterocycles. The van der Waals surface area contributed by atoms with Crippen molar-refractivity contribution in [2.75, 3.05) is 32.8 Å². The Balaban J connectivity index is 1.60. The van der Waals surface area contributed by atoms with Crippen molar-refractivity contribution in [2.45, 2.75) is 64.5 Å². The molecule has 0 saturated carbocycles. The zero-order valence-corrected chi connectivity index (χ0v) is 12.9. The van der Waals surface area contributed by atoms with Crippen LogP contribution in [0.4, 0.5) is 0 Å². The number of likely N-dealkylation sites (tertiary alicyclic amines) is 1. The quantitative estimate of drug-likeness (QED) is 0.768. The fourth-order valence-corrected chi connectivity index (χ4v) is 3.43. The molecule has 0 spiro atoms. The van der Waals surface area contributed by atoms with Crippen molar-refractivity contribution in [3.8, 4) is 0 Å². The number of ether oxygens (including phenoxy) is 1. The Morgan fingerprint density at radius 3 is 2.84 bits per heavy atom. The van der Waals surface area contributed by atoms with Gasteiger partial charge in [0.15, 0.2) is 0 Å². The number of hydrogen-bond donors (Lipinski definition) is 1. The van der Waals surface area contributed by atoms with Crippen LogP contribution in [0.5, 0.6) is 0 Å². The number of nitrogens with zero attached hydrogens (tertiary/aromatic N) is 1. The van der Waals surface area contributed by atoms with Crippen molar-refractivity contribution >= 4 is 0 Å². The molecule has 3 heteroatoms. The highest BCUT2D eigenvalue weighted by Crippen LogP contribution is 2.18. The molecular formula is C16H32N2O. The normalized spacial score (nSPS) is 30.6. The summed E-state index contributed by atoms with van der Waals surface area (Å²) < 4.78 is 5.81. The van der Waals surface area contributed by atoms with Gasteiger partial charge in [-0.15, -0.1) is 0 Å². The Hall–Kier alpha value is -0.120. The molecule has 3 atom stereocenters. The van der Waals surface area contributed by atoms with Gasteiger partial charge in [0.05, 0.1) is 6.10 Å². The molecule has 0 bridgehead atoms. The van der Waals surface area contributed by atoms with Gasteiger partial charge in [-0.1, -0.05) is 20.3 Å². The molecule has 3 nitrogen and oxygen atoms in total. The molecule has 2 heterocycles. The van der Waals surface area contributed by atoms with E-state index in [2.05, 4.69) is 24.1 Å². The third kappa shape index (κ3) is 5.41. The average molecular weight is 268 g/mol. The first-order valence-corrected chi connectivity index (χ1v) is 8.35. The van der Waals surface area contributed by atoms with Crippen molar-refractivity contribution in [3.05, 3.63) is 0 Å². The molecule has 0 aromatic rings. The molecule has 1 N–H and O–H groups in total. The van der Waals surface area contributed by atoms with Crippen LogP contribution in [0.15, 0.2) is 0 Å². The van der Waals surface area contributed by atoms with Gasteiger partial charge < -0.3 is 15.0 Å². The summed E-state index contributed by atoms with van der Waals surface area (Å²) >= 11 is 0. The summed E-state index contributed by atoms with van der Waals surface area (Å²) in [4.78, 5) is 2.62. The Bertz CT molecular complexity index is 239. The largest absolute Gasteiger partial charge is 0.378 e. The fourth-order valence-electron chi connectivity index (χ4n) is 3.43. The monoisotopic (exact) mass is 268 g/mol. The molecule has 112 valence electrons. The lowest BCUT2D eigenvalue weighted by atomic mass is 9.99. The average Bonchev–Trinajstić information content (AvgIpc) is 2.90. The summed E-state index contributed by atoms with van der Waals surface area (Å²) in [5.41, 5.74) is 0. The summed E-state index contributed by atoms with van der Waals surface area (Å²) in [5, 5.41) is 3.78. The maximum Gasteiger partial charge on any atom is 0.0589 e. The highest BCUT2D eigenvalue weighted by molar-refractivity contribution is 4.78. The number of nitrogens with one attached hydrogen (secondary N) is 1. The van der Waals surface area contributed by atoms with E-state index in [1.807, 2.05) is 0 Å². The SMILES string of the molecule is CCCC1CC(NCC(C)CN2CCCC2)CCO1. The van der Waals surface area contributed by atoms with Gasteiger partial charge in [0.2, 0.25) is 0 Å². The van der Waals surface area contributed by atoms with Crippen molar-refractivity contribution in [1.29, 1.82) is 0 Å². The number of hydrogen-bond acceptors (Lipinski definition) is 3. The lowest BCUT2D eigenvalue weighted by molar-refractivity contribution is -0.00374. The van der Waals surface area contributed by atoms with Gasteiger partial charge in [0.1, 0.15) is 0 Å². The van der Waals surface area contributed by atoms with Gasteiger partial charge in [-0.2, -0.15) is 0 Å². The van der Waals surface area contributed by atoms with E-state index in [1.165, 1.54) is 64.7 Å². The minimum absolute atomic E-state index is 0.505. The zero-order chi connectivity index (χ0) is 13.5. The molecular weight excluding hydrogens is 236 g/mol. The minimum Gasteiger partial charge on any atom is -0.378 e. The molecule has 2 aliphatic rings. The summed E-state index contributed by atoms with van der Waals surface area (Å²) in [7, 11) is 0. The molecule has 2 aliphatic heterocycles. The fraction of sp³-hybridized carbons (Fsp3) is 1.00. The lowest BCUT2D eigenvalue weighted by Crippen LogP contribution is -2.42. The Morgan fingerprint density at radius 2 is 2.11 bits per heavy atom. The number of rotatable bonds is 7. The summed E-state index contributed by atoms with van der Waals surface area (Å²) in [6.07, 6.45) is 8.17. The molecule has 0 radical (unpaired) electrons. The van der Waals surface area contributed by atoms with E-state index in [-0.39, 0.29) is 0 Å². The highest BCUT2D eigenvalue weighted by atomic mass is 16.5. The predicted molar refractivity (Wildman–Crippen MR) is 80.5 cm³/mol. The van der Waals surface area contributed by atoms with Crippen LogP contribution < -0.4 is 5.32 Å². The van der Waals surface area contributed by atoms with E-state index in [1.54, 1.807) is 0 Å². The molecule has 0 amide bonds. The first kappa shape index (κ1) is 15.3. The van der Waals surface area contributed by atoms with E-state index in [0.717, 1.165) is 12.5 Å². The Labute approximate surface area is 119 Å². The molecule has 0 aromatic carbocycles. The topological polar surface area (TPSA) is 24.5 Å². The third-order valence-electron chi connectivity index (χ3n) is 4.50. The van der Waals surface area contributed by atoms with Crippen LogP contribution in [0.25, 0.3) is 0 Å². The van der Waals surface area contributed by atoms with Crippen molar-refractivity contribution in [1.82, 2.24) is 10.2 Å². The highest BCUT2D eigenvalue weighted by Gasteiger charge is 2.22. The van der Waals surface area contributed by atoms with Crippen LogP contribution in [-0.2, 0) is 4.74 Å². The van der Waals surface area contributed by atoms with Gasteiger partial charge in [-0.3, -0.25) is 0 Å². The molecule has 0 aliphatic carbocycles. The van der Waals surface area contributed by atoms with Gasteiger partial charge in [-0.05, 0) is 57.7 Å². The van der Waals surface area contributed by atoms with Gasteiger partial charge in [-0.25, -0.2) is 0 Å². The molecule has 19 heavy (non-hydrogen) atoms. The smallest absolute Gasteiger partial charge is 0.0589 e. The van der Waals surface area contributed by atoms with Gasteiger partial charge in [0.25, 0.3) is 0 Å². The molecule has 3 unspecified atom stereocenters. The van der Waals surface area contributed by atoms with Crippen LogP contribution in [0.2, 0.25) is 0 Å². The lowest BCUT2D eigenvalue weighted by Gasteiger charge is -2.31. The zero-order valence-electron chi connectivity index (χ0n) is 12.9. The van der Waals surface area contributed by atoms with Crippen LogP contribution in [0.3, 0.4) is 0 Å². The van der Waals surface area contributed by atoms with E-state index in [9.17, 15) is 0 Å². The third-order valence-corrected chi connectivity index (χ3v) is 4.50. The second-order valence-electron chi connectivity index (χ2n) is 6.52. The first-order chi connectivity index (χ1) is 9.28. The van der Waals surface area contributed by atoms with E-state index in [0.29, 0.717) is 12.1 Å². The van der Waals surface area contributed by atoms with Crippen LogP contribution >= 0.6 is 0 Å². The first-order valence-electron chi connectivity index (χ1n) is 8.35. The minimum atomic E-state index is 0.505. The van der Waals surface area contributed by atoms with Gasteiger partial charge >= 0.3 is 0 Å². The second kappa shape index (κ2) is 8.23. The van der Waals surface area contributed by atoms with Crippen LogP contribution in [-0.4, -0.2) is 49.8 Å². The maximum atomic E-state index is 5.81. The van der Waals surface area contributed by atoms with Gasteiger partial charge in [0, 0.05) is 19.2 Å². The molecule has 0 aromatic heterocycles. The predicted octanol–water partition coefficient (Wildman–Crippen LogP) is 2.66. The van der Waals surface area contributed by atoms with E-state index in [4.69, 9.17) is 4.74 Å². The summed E-state index contributed by atoms with van der Waals surface area (Å²) in [5.74, 6) is 0.769. The Morgan fingerprint density at radius 1 is 1.32 bits per heavy atom. The second-order valence-corrected chi connectivity index (χ2v) is 6.52. The van der Waals surface area contributed by atoms with Crippen LogP contribution in [0.1, 0.15) is 52.4 Å². The van der Waals surface area contributed by atoms with E-state index < -0.39 is 0 Å². The maximum absolute atomic E-state index is 5.81. The van der Waals surface area contributed by atoms with E-state index >= 15 is 0 Å².